The molecule has 6 rings (SSSR count). The summed E-state index contributed by atoms with van der Waals surface area (Å²) in [6.07, 6.45) is 1.00. The number of hydrogen-bond donors (Lipinski definition) is 0. The smallest absolute Gasteiger partial charge is 0.120 e. The van der Waals surface area contributed by atoms with Crippen LogP contribution in [0.1, 0.15) is 28.3 Å². The van der Waals surface area contributed by atoms with Crippen molar-refractivity contribution in [3.8, 4) is 5.75 Å². The molecule has 4 aromatic carbocycles. The monoisotopic (exact) mass is 489 g/mol. The highest BCUT2D eigenvalue weighted by Crippen LogP contribution is 2.40. The maximum Gasteiger partial charge on any atom is 0.120 e. The van der Waals surface area contributed by atoms with E-state index in [0.717, 1.165) is 44.9 Å². The van der Waals surface area contributed by atoms with Gasteiger partial charge in [0.1, 0.15) is 12.4 Å². The average Bonchev–Trinajstić information content (AvgIpc) is 2.97. The second-order valence-corrected chi connectivity index (χ2v) is 10.2. The van der Waals surface area contributed by atoms with Gasteiger partial charge in [0, 0.05) is 44.1 Å². The lowest BCUT2D eigenvalue weighted by atomic mass is 9.87. The van der Waals surface area contributed by atoms with E-state index in [1.165, 1.54) is 33.6 Å². The minimum Gasteiger partial charge on any atom is -0.489 e. The van der Waals surface area contributed by atoms with Gasteiger partial charge in [-0.25, -0.2) is 0 Å². The van der Waals surface area contributed by atoms with Crippen molar-refractivity contribution >= 4 is 11.4 Å². The first-order chi connectivity index (χ1) is 18.2. The molecule has 0 amide bonds. The molecule has 0 aliphatic carbocycles. The molecule has 1 atom stereocenters. The minimum atomic E-state index is 0.177. The maximum atomic E-state index is 6.18. The summed E-state index contributed by atoms with van der Waals surface area (Å²) in [4.78, 5) is 7.46. The molecule has 37 heavy (non-hydrogen) atoms. The Morgan fingerprint density at radius 3 is 2.14 bits per heavy atom. The molecule has 1 fully saturated rings. The van der Waals surface area contributed by atoms with Crippen LogP contribution < -0.4 is 14.5 Å². The molecular formula is C33H35N3O. The van der Waals surface area contributed by atoms with E-state index in [-0.39, 0.29) is 6.04 Å². The minimum absolute atomic E-state index is 0.177. The first-order valence-corrected chi connectivity index (χ1v) is 13.4. The Morgan fingerprint density at radius 1 is 0.703 bits per heavy atom. The number of nitrogens with zero attached hydrogens (tertiary/aromatic N) is 3. The van der Waals surface area contributed by atoms with Crippen molar-refractivity contribution in [3.05, 3.63) is 125 Å². The van der Waals surface area contributed by atoms with Crippen molar-refractivity contribution in [1.82, 2.24) is 4.90 Å². The number of benzene rings is 4. The fraction of sp³-hybridized carbons (Fsp3) is 0.273. The predicted octanol–water partition coefficient (Wildman–Crippen LogP) is 6.17. The Hall–Kier alpha value is -3.76. The summed E-state index contributed by atoms with van der Waals surface area (Å²) in [5, 5.41) is 0. The average molecular weight is 490 g/mol. The van der Waals surface area contributed by atoms with Gasteiger partial charge in [0.25, 0.3) is 0 Å². The van der Waals surface area contributed by atoms with Crippen molar-refractivity contribution in [2.75, 3.05) is 49.6 Å². The van der Waals surface area contributed by atoms with E-state index in [4.69, 9.17) is 4.74 Å². The van der Waals surface area contributed by atoms with Gasteiger partial charge >= 0.3 is 0 Å². The molecular weight excluding hydrogens is 454 g/mol. The molecule has 2 aliphatic heterocycles. The lowest BCUT2D eigenvalue weighted by molar-refractivity contribution is 0.305. The van der Waals surface area contributed by atoms with Crippen molar-refractivity contribution in [2.24, 2.45) is 0 Å². The van der Waals surface area contributed by atoms with Gasteiger partial charge in [0.05, 0.1) is 6.04 Å². The van der Waals surface area contributed by atoms with Crippen LogP contribution in [-0.2, 0) is 13.0 Å². The van der Waals surface area contributed by atoms with Crippen LogP contribution in [0.25, 0.3) is 0 Å². The van der Waals surface area contributed by atoms with Crippen LogP contribution in [0, 0.1) is 0 Å². The van der Waals surface area contributed by atoms with Crippen LogP contribution >= 0.6 is 0 Å². The Balaban J connectivity index is 1.29. The standard InChI is InChI=1S/C33H35N3O/c1-34-20-22-35(23-21-34)29-14-12-27(13-15-29)33-32-17-16-31(37-25-26-8-4-2-5-9-26)24-28(32)18-19-36(33)30-10-6-3-7-11-30/h2-17,24,33H,18-23,25H2,1H3. The predicted molar refractivity (Wildman–Crippen MR) is 153 cm³/mol. The highest BCUT2D eigenvalue weighted by Gasteiger charge is 2.29. The van der Waals surface area contributed by atoms with E-state index in [9.17, 15) is 0 Å². The fourth-order valence-electron chi connectivity index (χ4n) is 5.62. The van der Waals surface area contributed by atoms with Gasteiger partial charge in [0.15, 0.2) is 0 Å². The van der Waals surface area contributed by atoms with Crippen LogP contribution in [0.4, 0.5) is 11.4 Å². The van der Waals surface area contributed by atoms with Crippen molar-refractivity contribution in [2.45, 2.75) is 19.1 Å². The maximum absolute atomic E-state index is 6.18. The highest BCUT2D eigenvalue weighted by molar-refractivity contribution is 5.58. The number of para-hydroxylation sites is 1. The van der Waals surface area contributed by atoms with Crippen molar-refractivity contribution in [1.29, 1.82) is 0 Å². The van der Waals surface area contributed by atoms with E-state index in [1.807, 2.05) is 6.07 Å². The van der Waals surface area contributed by atoms with E-state index >= 15 is 0 Å². The lowest BCUT2D eigenvalue weighted by Crippen LogP contribution is -2.44. The number of rotatable bonds is 6. The number of likely N-dealkylation sites (N-methyl/N-ethyl adjacent to an activating group) is 1. The van der Waals surface area contributed by atoms with Crippen molar-refractivity contribution in [3.63, 3.8) is 0 Å². The Bertz CT molecular complexity index is 1300. The summed E-state index contributed by atoms with van der Waals surface area (Å²) >= 11 is 0. The molecule has 0 radical (unpaired) electrons. The third-order valence-corrected chi connectivity index (χ3v) is 7.76. The molecule has 4 nitrogen and oxygen atoms in total. The third-order valence-electron chi connectivity index (χ3n) is 7.76. The largest absolute Gasteiger partial charge is 0.489 e. The Morgan fingerprint density at radius 2 is 1.41 bits per heavy atom. The van der Waals surface area contributed by atoms with Crippen LogP contribution in [-0.4, -0.2) is 44.7 Å². The zero-order chi connectivity index (χ0) is 25.0. The Kier molecular flexibility index (Phi) is 6.83. The van der Waals surface area contributed by atoms with Gasteiger partial charge in [-0.3, -0.25) is 0 Å². The Labute approximate surface area is 220 Å². The topological polar surface area (TPSA) is 19.0 Å². The van der Waals surface area contributed by atoms with E-state index < -0.39 is 0 Å². The summed E-state index contributed by atoms with van der Waals surface area (Å²) in [5.41, 5.74) is 7.87. The summed E-state index contributed by atoms with van der Waals surface area (Å²) in [6.45, 7) is 5.98. The van der Waals surface area contributed by atoms with Gasteiger partial charge < -0.3 is 19.4 Å². The van der Waals surface area contributed by atoms with Crippen LogP contribution in [0.15, 0.2) is 103 Å². The number of hydrogen-bond acceptors (Lipinski definition) is 4. The van der Waals surface area contributed by atoms with Crippen LogP contribution in [0.2, 0.25) is 0 Å². The molecule has 0 bridgehead atoms. The molecule has 2 aliphatic rings. The molecule has 4 aromatic rings. The zero-order valence-corrected chi connectivity index (χ0v) is 21.6. The number of ether oxygens (including phenoxy) is 1. The lowest BCUT2D eigenvalue weighted by Gasteiger charge is -2.40. The summed E-state index contributed by atoms with van der Waals surface area (Å²) < 4.78 is 6.18. The normalized spacial score (nSPS) is 17.9. The molecule has 4 heteroatoms. The second kappa shape index (κ2) is 10.7. The van der Waals surface area contributed by atoms with E-state index in [2.05, 4.69) is 119 Å². The SMILES string of the molecule is CN1CCN(c2ccc(C3c4ccc(OCc5ccccc5)cc4CCN3c3ccccc3)cc2)CC1. The highest BCUT2D eigenvalue weighted by atomic mass is 16.5. The molecule has 2 heterocycles. The molecule has 1 unspecified atom stereocenters. The summed E-state index contributed by atoms with van der Waals surface area (Å²) in [7, 11) is 2.21. The summed E-state index contributed by atoms with van der Waals surface area (Å²) in [6, 6.07) is 37.4. The van der Waals surface area contributed by atoms with E-state index in [0.29, 0.717) is 6.61 Å². The van der Waals surface area contributed by atoms with E-state index in [1.54, 1.807) is 0 Å². The van der Waals surface area contributed by atoms with Gasteiger partial charge in [-0.15, -0.1) is 0 Å². The first-order valence-electron chi connectivity index (χ1n) is 13.4. The van der Waals surface area contributed by atoms with Crippen LogP contribution in [0.3, 0.4) is 0 Å². The number of anilines is 2. The van der Waals surface area contributed by atoms with Gasteiger partial charge in [0.2, 0.25) is 0 Å². The van der Waals surface area contributed by atoms with Crippen molar-refractivity contribution < 1.29 is 4.74 Å². The third kappa shape index (κ3) is 5.21. The summed E-state index contributed by atoms with van der Waals surface area (Å²) in [5.74, 6) is 0.944. The van der Waals surface area contributed by atoms with Crippen LogP contribution in [0.5, 0.6) is 5.75 Å². The first kappa shape index (κ1) is 23.6. The fourth-order valence-corrected chi connectivity index (χ4v) is 5.62. The van der Waals surface area contributed by atoms with Gasteiger partial charge in [-0.2, -0.15) is 0 Å². The number of fused-ring (bicyclic) bond motifs is 1. The van der Waals surface area contributed by atoms with Gasteiger partial charge in [-0.1, -0.05) is 66.7 Å². The molecule has 0 N–H and O–H groups in total. The zero-order valence-electron chi connectivity index (χ0n) is 21.6. The molecule has 0 saturated carbocycles. The second-order valence-electron chi connectivity index (χ2n) is 10.2. The van der Waals surface area contributed by atoms with Gasteiger partial charge in [-0.05, 0) is 72.1 Å². The molecule has 0 spiro atoms. The molecule has 1 saturated heterocycles. The molecule has 188 valence electrons. The quantitative estimate of drug-likeness (QED) is 0.322. The molecule has 0 aromatic heterocycles. The number of piperazine rings is 1.